The van der Waals surface area contributed by atoms with E-state index in [2.05, 4.69) is 38.5 Å². The smallest absolute Gasteiger partial charge is 0.227 e. The highest BCUT2D eigenvalue weighted by Crippen LogP contribution is 2.32. The minimum absolute atomic E-state index is 0.164. The van der Waals surface area contributed by atoms with E-state index in [-0.39, 0.29) is 5.91 Å². The lowest BCUT2D eigenvalue weighted by Crippen LogP contribution is -2.26. The van der Waals surface area contributed by atoms with Gasteiger partial charge < -0.3 is 10.6 Å². The minimum atomic E-state index is 0.164. The summed E-state index contributed by atoms with van der Waals surface area (Å²) in [6.45, 7) is 1.30. The summed E-state index contributed by atoms with van der Waals surface area (Å²) < 4.78 is 2.11. The third-order valence-electron chi connectivity index (χ3n) is 2.74. The Morgan fingerprint density at radius 1 is 1.56 bits per heavy atom. The number of rotatable bonds is 2. The number of carbonyl (C=O) groups excluding carboxylic acids is 1. The van der Waals surface area contributed by atoms with Crippen LogP contribution in [0.5, 0.6) is 0 Å². The van der Waals surface area contributed by atoms with E-state index in [4.69, 9.17) is 5.73 Å². The van der Waals surface area contributed by atoms with E-state index >= 15 is 0 Å². The number of halogens is 2. The number of anilines is 1. The summed E-state index contributed by atoms with van der Waals surface area (Å²) in [4.78, 5) is 13.6. The highest BCUT2D eigenvalue weighted by Gasteiger charge is 2.30. The zero-order valence-electron chi connectivity index (χ0n) is 8.62. The van der Waals surface area contributed by atoms with Crippen molar-refractivity contribution in [1.29, 1.82) is 0 Å². The van der Waals surface area contributed by atoms with E-state index in [1.165, 1.54) is 0 Å². The number of amides is 1. The van der Waals surface area contributed by atoms with E-state index in [9.17, 15) is 4.79 Å². The number of benzene rings is 1. The first-order chi connectivity index (χ1) is 7.61. The van der Waals surface area contributed by atoms with Crippen LogP contribution in [-0.4, -0.2) is 19.0 Å². The minimum Gasteiger partial charge on any atom is -0.330 e. The summed E-state index contributed by atoms with van der Waals surface area (Å²) in [5.41, 5.74) is 6.55. The normalized spacial score (nSPS) is 20.6. The molecule has 0 aromatic heterocycles. The van der Waals surface area contributed by atoms with Crippen LogP contribution >= 0.6 is 38.5 Å². The Bertz CT molecular complexity index is 424. The molecule has 2 N–H and O–H groups in total. The van der Waals surface area contributed by atoms with Crippen molar-refractivity contribution in [3.63, 3.8) is 0 Å². The second-order valence-corrected chi connectivity index (χ2v) is 6.01. The summed E-state index contributed by atoms with van der Waals surface area (Å²) in [6.07, 6.45) is 0.564. The maximum atomic E-state index is 11.8. The lowest BCUT2D eigenvalue weighted by atomic mass is 10.1. The lowest BCUT2D eigenvalue weighted by molar-refractivity contribution is -0.117. The Labute approximate surface area is 117 Å². The maximum absolute atomic E-state index is 11.8. The van der Waals surface area contributed by atoms with E-state index < -0.39 is 0 Å². The van der Waals surface area contributed by atoms with E-state index in [0.717, 1.165) is 20.3 Å². The van der Waals surface area contributed by atoms with Crippen molar-refractivity contribution in [2.45, 2.75) is 6.42 Å². The number of hydrogen-bond donors (Lipinski definition) is 1. The fraction of sp³-hybridized carbons (Fsp3) is 0.364. The van der Waals surface area contributed by atoms with Crippen LogP contribution in [0.25, 0.3) is 0 Å². The molecular formula is C11H12BrIN2O. The van der Waals surface area contributed by atoms with Crippen LogP contribution in [0.1, 0.15) is 6.42 Å². The van der Waals surface area contributed by atoms with E-state index in [0.29, 0.717) is 18.9 Å². The van der Waals surface area contributed by atoms with Crippen LogP contribution in [0.3, 0.4) is 0 Å². The molecule has 1 saturated heterocycles. The number of carbonyl (C=O) groups is 1. The molecule has 1 aromatic carbocycles. The zero-order chi connectivity index (χ0) is 11.7. The van der Waals surface area contributed by atoms with Gasteiger partial charge in [0.2, 0.25) is 5.91 Å². The Hall–Kier alpha value is -0.140. The van der Waals surface area contributed by atoms with Gasteiger partial charge in [-0.15, -0.1) is 0 Å². The van der Waals surface area contributed by atoms with Crippen molar-refractivity contribution in [3.8, 4) is 0 Å². The molecule has 86 valence electrons. The largest absolute Gasteiger partial charge is 0.330 e. The van der Waals surface area contributed by atoms with Gasteiger partial charge in [0.25, 0.3) is 0 Å². The van der Waals surface area contributed by atoms with E-state index in [1.807, 2.05) is 23.1 Å². The monoisotopic (exact) mass is 394 g/mol. The fourth-order valence-corrected chi connectivity index (χ4v) is 3.38. The van der Waals surface area contributed by atoms with Crippen molar-refractivity contribution in [2.24, 2.45) is 11.7 Å². The average Bonchev–Trinajstić information content (AvgIpc) is 2.60. The molecule has 5 heteroatoms. The van der Waals surface area contributed by atoms with Crippen molar-refractivity contribution in [3.05, 3.63) is 26.2 Å². The van der Waals surface area contributed by atoms with Crippen molar-refractivity contribution in [1.82, 2.24) is 0 Å². The molecule has 0 saturated carbocycles. The van der Waals surface area contributed by atoms with Gasteiger partial charge in [0.15, 0.2) is 0 Å². The first kappa shape index (κ1) is 12.3. The number of hydrogen-bond acceptors (Lipinski definition) is 2. The van der Waals surface area contributed by atoms with Gasteiger partial charge >= 0.3 is 0 Å². The van der Waals surface area contributed by atoms with E-state index in [1.54, 1.807) is 0 Å². The van der Waals surface area contributed by atoms with Gasteiger partial charge in [-0.1, -0.05) is 0 Å². The standard InChI is InChI=1S/C11H12BrIN2O/c12-9-4-8(13)1-2-10(9)15-6-7(5-14)3-11(15)16/h1-2,4,7H,3,5-6,14H2. The van der Waals surface area contributed by atoms with Gasteiger partial charge in [0.05, 0.1) is 5.69 Å². The first-order valence-electron chi connectivity index (χ1n) is 5.07. The third-order valence-corrected chi connectivity index (χ3v) is 4.05. The third kappa shape index (κ3) is 2.41. The van der Waals surface area contributed by atoms with Gasteiger partial charge in [-0.3, -0.25) is 4.79 Å². The van der Waals surface area contributed by atoms with Crippen LogP contribution in [-0.2, 0) is 4.79 Å². The van der Waals surface area contributed by atoms with Crippen LogP contribution in [0.4, 0.5) is 5.69 Å². The van der Waals surface area contributed by atoms with Gasteiger partial charge in [-0.25, -0.2) is 0 Å². The summed E-state index contributed by atoms with van der Waals surface area (Å²) >= 11 is 5.75. The molecule has 3 nitrogen and oxygen atoms in total. The molecule has 0 bridgehead atoms. The Balaban J connectivity index is 2.28. The molecular weight excluding hydrogens is 383 g/mol. The van der Waals surface area contributed by atoms with Gasteiger partial charge in [-0.2, -0.15) is 0 Å². The molecule has 1 heterocycles. The second-order valence-electron chi connectivity index (χ2n) is 3.91. The lowest BCUT2D eigenvalue weighted by Gasteiger charge is -2.18. The Morgan fingerprint density at radius 2 is 2.31 bits per heavy atom. The van der Waals surface area contributed by atoms with Crippen molar-refractivity contribution in [2.75, 3.05) is 18.0 Å². The molecule has 16 heavy (non-hydrogen) atoms. The average molecular weight is 395 g/mol. The summed E-state index contributed by atoms with van der Waals surface area (Å²) in [7, 11) is 0. The van der Waals surface area contributed by atoms with Crippen LogP contribution < -0.4 is 10.6 Å². The molecule has 1 amide bonds. The van der Waals surface area contributed by atoms with Gasteiger partial charge in [0.1, 0.15) is 0 Å². The molecule has 1 atom stereocenters. The van der Waals surface area contributed by atoms with Crippen LogP contribution in [0.2, 0.25) is 0 Å². The first-order valence-corrected chi connectivity index (χ1v) is 6.94. The molecule has 1 aromatic rings. The number of nitrogens with two attached hydrogens (primary N) is 1. The topological polar surface area (TPSA) is 46.3 Å². The SMILES string of the molecule is NCC1CC(=O)N(c2ccc(I)cc2Br)C1. The second kappa shape index (κ2) is 5.01. The Kier molecular flexibility index (Phi) is 3.86. The molecule has 1 unspecified atom stereocenters. The maximum Gasteiger partial charge on any atom is 0.227 e. The summed E-state index contributed by atoms with van der Waals surface area (Å²) in [5.74, 6) is 0.455. The zero-order valence-corrected chi connectivity index (χ0v) is 12.4. The number of nitrogens with zero attached hydrogens (tertiary/aromatic N) is 1. The Morgan fingerprint density at radius 3 is 2.88 bits per heavy atom. The van der Waals surface area contributed by atoms with Gasteiger partial charge in [-0.05, 0) is 69.2 Å². The predicted molar refractivity (Wildman–Crippen MR) is 76.4 cm³/mol. The molecule has 2 rings (SSSR count). The van der Waals surface area contributed by atoms with Gasteiger partial charge in [0, 0.05) is 21.0 Å². The molecule has 0 spiro atoms. The quantitative estimate of drug-likeness (QED) is 0.782. The van der Waals surface area contributed by atoms with Crippen molar-refractivity contribution < 1.29 is 4.79 Å². The predicted octanol–water partition coefficient (Wildman–Crippen LogP) is 2.37. The van der Waals surface area contributed by atoms with Crippen LogP contribution in [0.15, 0.2) is 22.7 Å². The highest BCUT2D eigenvalue weighted by atomic mass is 127. The highest BCUT2D eigenvalue weighted by molar-refractivity contribution is 14.1. The summed E-state index contributed by atoms with van der Waals surface area (Å²) in [5, 5.41) is 0. The molecule has 0 radical (unpaired) electrons. The van der Waals surface area contributed by atoms with Crippen LogP contribution in [0, 0.1) is 9.49 Å². The van der Waals surface area contributed by atoms with Crippen molar-refractivity contribution >= 4 is 50.1 Å². The molecule has 0 aliphatic carbocycles. The molecule has 1 aliphatic heterocycles. The molecule has 1 fully saturated rings. The molecule has 1 aliphatic rings. The summed E-state index contributed by atoms with van der Waals surface area (Å²) in [6, 6.07) is 5.99. The fourth-order valence-electron chi connectivity index (χ4n) is 1.87.